The van der Waals surface area contributed by atoms with Gasteiger partial charge < -0.3 is 24.0 Å². The van der Waals surface area contributed by atoms with Crippen LogP contribution in [0.2, 0.25) is 0 Å². The molecule has 0 aliphatic carbocycles. The standard InChI is InChI=1S/C25H24N2O5/c28-24(17-30-20-10-9-18-5-1-2-6-19(18)15-20)26-11-13-27(14-12-26)25(29)23-16-31-21-7-3-4-8-22(21)32-23/h1-10,15,23H,11-14,16-17H2. The molecule has 0 spiro atoms. The van der Waals surface area contributed by atoms with Gasteiger partial charge in [0, 0.05) is 26.2 Å². The molecule has 0 bridgehead atoms. The van der Waals surface area contributed by atoms with E-state index in [0.717, 1.165) is 10.8 Å². The lowest BCUT2D eigenvalue weighted by atomic mass is 10.1. The molecule has 0 radical (unpaired) electrons. The molecule has 7 heteroatoms. The summed E-state index contributed by atoms with van der Waals surface area (Å²) in [6, 6.07) is 21.1. The van der Waals surface area contributed by atoms with Crippen LogP contribution in [0.5, 0.6) is 17.2 Å². The molecule has 2 heterocycles. The molecule has 1 saturated heterocycles. The Morgan fingerprint density at radius 1 is 0.844 bits per heavy atom. The Morgan fingerprint density at radius 2 is 1.53 bits per heavy atom. The fraction of sp³-hybridized carbons (Fsp3) is 0.280. The van der Waals surface area contributed by atoms with Crippen molar-refractivity contribution in [3.8, 4) is 17.2 Å². The van der Waals surface area contributed by atoms with Gasteiger partial charge in [0.2, 0.25) is 6.10 Å². The van der Waals surface area contributed by atoms with Crippen LogP contribution in [0, 0.1) is 0 Å². The third-order valence-corrected chi connectivity index (χ3v) is 5.81. The SMILES string of the molecule is O=C(COc1ccc2ccccc2c1)N1CCN(C(=O)C2COc3ccccc3O2)CC1. The van der Waals surface area contributed by atoms with Crippen molar-refractivity contribution in [3.63, 3.8) is 0 Å². The van der Waals surface area contributed by atoms with E-state index in [1.54, 1.807) is 15.9 Å². The van der Waals surface area contributed by atoms with Crippen LogP contribution < -0.4 is 14.2 Å². The van der Waals surface area contributed by atoms with E-state index in [-0.39, 0.29) is 25.0 Å². The lowest BCUT2D eigenvalue weighted by Crippen LogP contribution is -2.55. The number of ether oxygens (including phenoxy) is 3. The minimum atomic E-state index is -0.664. The van der Waals surface area contributed by atoms with Crippen LogP contribution >= 0.6 is 0 Å². The zero-order valence-corrected chi connectivity index (χ0v) is 17.6. The number of rotatable bonds is 4. The van der Waals surface area contributed by atoms with Crippen molar-refractivity contribution >= 4 is 22.6 Å². The average Bonchev–Trinajstić information content (AvgIpc) is 2.86. The van der Waals surface area contributed by atoms with Gasteiger partial charge in [0.15, 0.2) is 18.1 Å². The molecule has 3 aromatic rings. The number of para-hydroxylation sites is 2. The fourth-order valence-electron chi connectivity index (χ4n) is 4.01. The van der Waals surface area contributed by atoms with Crippen molar-refractivity contribution in [1.82, 2.24) is 9.80 Å². The predicted octanol–water partition coefficient (Wildman–Crippen LogP) is 2.73. The highest BCUT2D eigenvalue weighted by molar-refractivity contribution is 5.84. The first-order valence-corrected chi connectivity index (χ1v) is 10.7. The van der Waals surface area contributed by atoms with Crippen molar-refractivity contribution in [1.29, 1.82) is 0 Å². The summed E-state index contributed by atoms with van der Waals surface area (Å²) in [5.74, 6) is 1.70. The molecule has 1 fully saturated rings. The Bertz CT molecular complexity index is 1140. The van der Waals surface area contributed by atoms with Crippen molar-refractivity contribution < 1.29 is 23.8 Å². The van der Waals surface area contributed by atoms with Crippen molar-refractivity contribution in [2.75, 3.05) is 39.4 Å². The molecule has 2 amide bonds. The largest absolute Gasteiger partial charge is 0.485 e. The lowest BCUT2D eigenvalue weighted by molar-refractivity contribution is -0.146. The van der Waals surface area contributed by atoms with E-state index in [0.29, 0.717) is 43.4 Å². The first-order chi connectivity index (χ1) is 15.7. The molecule has 32 heavy (non-hydrogen) atoms. The summed E-state index contributed by atoms with van der Waals surface area (Å²) in [5.41, 5.74) is 0. The van der Waals surface area contributed by atoms with Gasteiger partial charge in [0.1, 0.15) is 12.4 Å². The molecule has 0 saturated carbocycles. The minimum Gasteiger partial charge on any atom is -0.485 e. The summed E-state index contributed by atoms with van der Waals surface area (Å²) in [7, 11) is 0. The minimum absolute atomic E-state index is 0.0252. The summed E-state index contributed by atoms with van der Waals surface area (Å²) in [5, 5.41) is 2.20. The number of carbonyl (C=O) groups excluding carboxylic acids is 2. The predicted molar refractivity (Wildman–Crippen MR) is 119 cm³/mol. The third-order valence-electron chi connectivity index (χ3n) is 5.81. The highest BCUT2D eigenvalue weighted by Gasteiger charge is 2.33. The zero-order chi connectivity index (χ0) is 21.9. The molecule has 1 atom stereocenters. The van der Waals surface area contributed by atoms with Crippen LogP contribution in [0.3, 0.4) is 0 Å². The summed E-state index contributed by atoms with van der Waals surface area (Å²) in [4.78, 5) is 28.9. The van der Waals surface area contributed by atoms with Gasteiger partial charge in [0.25, 0.3) is 11.8 Å². The van der Waals surface area contributed by atoms with Gasteiger partial charge >= 0.3 is 0 Å². The second kappa shape index (κ2) is 8.78. The van der Waals surface area contributed by atoms with E-state index in [1.165, 1.54) is 0 Å². The zero-order valence-electron chi connectivity index (χ0n) is 17.6. The Labute approximate surface area is 186 Å². The maximum atomic E-state index is 12.9. The Balaban J connectivity index is 1.11. The van der Waals surface area contributed by atoms with Crippen LogP contribution in [0.15, 0.2) is 66.7 Å². The van der Waals surface area contributed by atoms with E-state index >= 15 is 0 Å². The normalized spacial score (nSPS) is 17.8. The number of nitrogens with zero attached hydrogens (tertiary/aromatic N) is 2. The smallest absolute Gasteiger partial charge is 0.267 e. The Hall–Kier alpha value is -3.74. The van der Waals surface area contributed by atoms with Crippen LogP contribution in [0.25, 0.3) is 10.8 Å². The molecular weight excluding hydrogens is 408 g/mol. The van der Waals surface area contributed by atoms with E-state index in [9.17, 15) is 9.59 Å². The number of carbonyl (C=O) groups is 2. The second-order valence-corrected chi connectivity index (χ2v) is 7.87. The molecule has 2 aliphatic heterocycles. The molecule has 0 N–H and O–H groups in total. The first kappa shape index (κ1) is 20.2. The Morgan fingerprint density at radius 3 is 2.34 bits per heavy atom. The van der Waals surface area contributed by atoms with E-state index in [4.69, 9.17) is 14.2 Å². The summed E-state index contributed by atoms with van der Waals surface area (Å²) < 4.78 is 17.2. The summed E-state index contributed by atoms with van der Waals surface area (Å²) in [6.45, 7) is 2.02. The van der Waals surface area contributed by atoms with Crippen LogP contribution in [0.1, 0.15) is 0 Å². The number of fused-ring (bicyclic) bond motifs is 2. The summed E-state index contributed by atoms with van der Waals surface area (Å²) >= 11 is 0. The maximum Gasteiger partial charge on any atom is 0.267 e. The molecule has 164 valence electrons. The van der Waals surface area contributed by atoms with Crippen molar-refractivity contribution in [2.45, 2.75) is 6.10 Å². The van der Waals surface area contributed by atoms with Gasteiger partial charge in [-0.05, 0) is 35.0 Å². The molecule has 1 unspecified atom stereocenters. The van der Waals surface area contributed by atoms with Crippen molar-refractivity contribution in [2.24, 2.45) is 0 Å². The number of piperazine rings is 1. The van der Waals surface area contributed by atoms with Gasteiger partial charge in [-0.2, -0.15) is 0 Å². The molecule has 2 aliphatic rings. The summed E-state index contributed by atoms with van der Waals surface area (Å²) in [6.07, 6.45) is -0.664. The average molecular weight is 432 g/mol. The first-order valence-electron chi connectivity index (χ1n) is 10.7. The molecule has 5 rings (SSSR count). The lowest BCUT2D eigenvalue weighted by Gasteiger charge is -2.37. The van der Waals surface area contributed by atoms with E-state index in [1.807, 2.05) is 60.7 Å². The highest BCUT2D eigenvalue weighted by Crippen LogP contribution is 2.31. The molecule has 0 aromatic heterocycles. The topological polar surface area (TPSA) is 68.3 Å². The second-order valence-electron chi connectivity index (χ2n) is 7.87. The van der Waals surface area contributed by atoms with Crippen LogP contribution in [-0.4, -0.2) is 67.1 Å². The number of amides is 2. The Kier molecular flexibility index (Phi) is 5.54. The van der Waals surface area contributed by atoms with Crippen LogP contribution in [-0.2, 0) is 9.59 Å². The number of hydrogen-bond acceptors (Lipinski definition) is 5. The molecule has 3 aromatic carbocycles. The molecular formula is C25H24N2O5. The van der Waals surface area contributed by atoms with Gasteiger partial charge in [0.05, 0.1) is 0 Å². The van der Waals surface area contributed by atoms with E-state index in [2.05, 4.69) is 0 Å². The van der Waals surface area contributed by atoms with Crippen LogP contribution in [0.4, 0.5) is 0 Å². The quantitative estimate of drug-likeness (QED) is 0.634. The third kappa shape index (κ3) is 4.19. The number of hydrogen-bond donors (Lipinski definition) is 0. The van der Waals surface area contributed by atoms with E-state index < -0.39 is 6.10 Å². The van der Waals surface area contributed by atoms with Gasteiger partial charge in [-0.1, -0.05) is 42.5 Å². The van der Waals surface area contributed by atoms with Gasteiger partial charge in [-0.3, -0.25) is 9.59 Å². The molecule has 7 nitrogen and oxygen atoms in total. The highest BCUT2D eigenvalue weighted by atomic mass is 16.6. The van der Waals surface area contributed by atoms with Crippen molar-refractivity contribution in [3.05, 3.63) is 66.7 Å². The monoisotopic (exact) mass is 432 g/mol. The fourth-order valence-corrected chi connectivity index (χ4v) is 4.01. The van der Waals surface area contributed by atoms with Gasteiger partial charge in [-0.25, -0.2) is 0 Å². The maximum absolute atomic E-state index is 12.9. The number of benzene rings is 3. The van der Waals surface area contributed by atoms with Gasteiger partial charge in [-0.15, -0.1) is 0 Å².